The molecule has 5 nitrogen and oxygen atoms in total. The second kappa shape index (κ2) is 10.5. The number of aromatic nitrogens is 2. The second-order valence-electron chi connectivity index (χ2n) is 8.08. The first-order chi connectivity index (χ1) is 17.5. The molecular formula is C28H22FN3O2S2. The van der Waals surface area contributed by atoms with Crippen LogP contribution in [0.1, 0.15) is 18.1 Å². The molecule has 3 aromatic carbocycles. The van der Waals surface area contributed by atoms with Gasteiger partial charge < -0.3 is 4.74 Å². The minimum atomic E-state index is -0.280. The molecule has 1 aliphatic heterocycles. The molecule has 36 heavy (non-hydrogen) atoms. The van der Waals surface area contributed by atoms with Crippen LogP contribution in [0.15, 0.2) is 90.0 Å². The van der Waals surface area contributed by atoms with Crippen molar-refractivity contribution in [2.45, 2.75) is 13.5 Å². The van der Waals surface area contributed by atoms with E-state index >= 15 is 0 Å². The highest BCUT2D eigenvalue weighted by Crippen LogP contribution is 2.35. The summed E-state index contributed by atoms with van der Waals surface area (Å²) in [7, 11) is 0. The molecule has 0 bridgehead atoms. The molecule has 1 saturated heterocycles. The molecule has 1 aromatic heterocycles. The lowest BCUT2D eigenvalue weighted by Gasteiger charge is -2.09. The molecule has 0 N–H and O–H groups in total. The number of carbonyl (C=O) groups is 1. The average molecular weight is 516 g/mol. The third kappa shape index (κ3) is 5.10. The molecule has 0 radical (unpaired) electrons. The van der Waals surface area contributed by atoms with Gasteiger partial charge in [-0.1, -0.05) is 66.4 Å². The SMILES string of the molecule is CCN1C(=O)/C(=C\c2cn(-c3ccccc3)nc2-c2cccc(OCc3ccc(F)cc3)c2)SC1=S. The van der Waals surface area contributed by atoms with Crippen molar-refractivity contribution in [1.29, 1.82) is 0 Å². The number of hydrogen-bond acceptors (Lipinski definition) is 5. The highest BCUT2D eigenvalue weighted by atomic mass is 32.2. The van der Waals surface area contributed by atoms with Gasteiger partial charge in [0.25, 0.3) is 5.91 Å². The van der Waals surface area contributed by atoms with E-state index in [9.17, 15) is 9.18 Å². The summed E-state index contributed by atoms with van der Waals surface area (Å²) >= 11 is 6.68. The van der Waals surface area contributed by atoms with E-state index < -0.39 is 0 Å². The number of thioether (sulfide) groups is 1. The topological polar surface area (TPSA) is 47.4 Å². The van der Waals surface area contributed by atoms with E-state index in [0.717, 1.165) is 22.4 Å². The van der Waals surface area contributed by atoms with E-state index in [-0.39, 0.29) is 11.7 Å². The van der Waals surface area contributed by atoms with Crippen molar-refractivity contribution in [3.05, 3.63) is 107 Å². The van der Waals surface area contributed by atoms with Crippen LogP contribution < -0.4 is 4.74 Å². The minimum absolute atomic E-state index is 0.0951. The van der Waals surface area contributed by atoms with Gasteiger partial charge >= 0.3 is 0 Å². The van der Waals surface area contributed by atoms with Crippen LogP contribution in [-0.4, -0.2) is 31.5 Å². The van der Waals surface area contributed by atoms with Gasteiger partial charge in [0, 0.05) is 23.9 Å². The Morgan fingerprint density at radius 3 is 2.56 bits per heavy atom. The van der Waals surface area contributed by atoms with E-state index in [1.54, 1.807) is 21.7 Å². The molecule has 1 aliphatic rings. The number of nitrogens with zero attached hydrogens (tertiary/aromatic N) is 3. The first-order valence-corrected chi connectivity index (χ1v) is 12.6. The van der Waals surface area contributed by atoms with Crippen LogP contribution in [-0.2, 0) is 11.4 Å². The molecule has 2 heterocycles. The van der Waals surface area contributed by atoms with Crippen LogP contribution in [0.2, 0.25) is 0 Å². The number of thiocarbonyl (C=S) groups is 1. The average Bonchev–Trinajstić information content (AvgIpc) is 3.44. The third-order valence-electron chi connectivity index (χ3n) is 5.67. The molecule has 5 rings (SSSR count). The van der Waals surface area contributed by atoms with Gasteiger partial charge in [-0.05, 0) is 55.0 Å². The lowest BCUT2D eigenvalue weighted by Crippen LogP contribution is -2.27. The number of halogens is 1. The van der Waals surface area contributed by atoms with Gasteiger partial charge in [-0.25, -0.2) is 9.07 Å². The van der Waals surface area contributed by atoms with Gasteiger partial charge in [0.15, 0.2) is 0 Å². The molecule has 0 atom stereocenters. The molecule has 4 aromatic rings. The molecular weight excluding hydrogens is 493 g/mol. The van der Waals surface area contributed by atoms with Crippen LogP contribution in [0.3, 0.4) is 0 Å². The number of carbonyl (C=O) groups excluding carboxylic acids is 1. The smallest absolute Gasteiger partial charge is 0.266 e. The monoisotopic (exact) mass is 515 g/mol. The van der Waals surface area contributed by atoms with Crippen LogP contribution >= 0.6 is 24.0 Å². The first-order valence-electron chi connectivity index (χ1n) is 11.4. The Morgan fingerprint density at radius 1 is 1.06 bits per heavy atom. The summed E-state index contributed by atoms with van der Waals surface area (Å²) in [6.45, 7) is 2.75. The standard InChI is InChI=1S/C28H22FN3O2S2/c1-2-31-27(33)25(36-28(31)35)16-21-17-32(23-8-4-3-5-9-23)30-26(21)20-7-6-10-24(15-20)34-18-19-11-13-22(29)14-12-19/h3-17H,2,18H2,1H3/b25-16+. The maximum absolute atomic E-state index is 13.2. The summed E-state index contributed by atoms with van der Waals surface area (Å²) in [5.74, 6) is 0.287. The number of ether oxygens (including phenoxy) is 1. The van der Waals surface area contributed by atoms with Crippen LogP contribution in [0.25, 0.3) is 23.0 Å². The Labute approximate surface area is 218 Å². The summed E-state index contributed by atoms with van der Waals surface area (Å²) in [5, 5.41) is 4.85. The van der Waals surface area contributed by atoms with Crippen molar-refractivity contribution < 1.29 is 13.9 Å². The number of hydrogen-bond donors (Lipinski definition) is 0. The Bertz CT molecular complexity index is 1450. The largest absolute Gasteiger partial charge is 0.489 e. The second-order valence-corrected chi connectivity index (χ2v) is 9.76. The normalized spacial score (nSPS) is 14.6. The van der Waals surface area contributed by atoms with Crippen molar-refractivity contribution in [3.8, 4) is 22.7 Å². The zero-order chi connectivity index (χ0) is 25.1. The number of likely N-dealkylation sites (N-methyl/N-ethyl adjacent to an activating group) is 1. The number of para-hydroxylation sites is 1. The maximum Gasteiger partial charge on any atom is 0.266 e. The fraction of sp³-hybridized carbons (Fsp3) is 0.107. The highest BCUT2D eigenvalue weighted by Gasteiger charge is 2.31. The molecule has 1 fully saturated rings. The van der Waals surface area contributed by atoms with Crippen LogP contribution in [0, 0.1) is 5.82 Å². The molecule has 0 aliphatic carbocycles. The summed E-state index contributed by atoms with van der Waals surface area (Å²) in [5.41, 5.74) is 4.13. The fourth-order valence-electron chi connectivity index (χ4n) is 3.82. The van der Waals surface area contributed by atoms with E-state index in [1.165, 1.54) is 23.9 Å². The highest BCUT2D eigenvalue weighted by molar-refractivity contribution is 8.26. The summed E-state index contributed by atoms with van der Waals surface area (Å²) in [4.78, 5) is 15.0. The minimum Gasteiger partial charge on any atom is -0.489 e. The van der Waals surface area contributed by atoms with Gasteiger partial charge in [-0.15, -0.1) is 0 Å². The van der Waals surface area contributed by atoms with Crippen molar-refractivity contribution in [1.82, 2.24) is 14.7 Å². The Balaban J connectivity index is 1.50. The fourth-order valence-corrected chi connectivity index (χ4v) is 5.20. The van der Waals surface area contributed by atoms with Crippen molar-refractivity contribution >= 4 is 40.3 Å². The maximum atomic E-state index is 13.2. The zero-order valence-corrected chi connectivity index (χ0v) is 21.1. The molecule has 180 valence electrons. The van der Waals surface area contributed by atoms with E-state index in [2.05, 4.69) is 0 Å². The zero-order valence-electron chi connectivity index (χ0n) is 19.4. The van der Waals surface area contributed by atoms with Crippen molar-refractivity contribution in [2.75, 3.05) is 6.54 Å². The van der Waals surface area contributed by atoms with Gasteiger partial charge in [0.2, 0.25) is 0 Å². The Kier molecular flexibility index (Phi) is 6.97. The number of benzene rings is 3. The van der Waals surface area contributed by atoms with E-state index in [0.29, 0.717) is 33.8 Å². The quantitative estimate of drug-likeness (QED) is 0.208. The predicted octanol–water partition coefficient (Wildman–Crippen LogP) is 6.48. The summed E-state index contributed by atoms with van der Waals surface area (Å²) < 4.78 is 21.5. The summed E-state index contributed by atoms with van der Waals surface area (Å²) in [6, 6.07) is 23.7. The van der Waals surface area contributed by atoms with Crippen molar-refractivity contribution in [2.24, 2.45) is 0 Å². The van der Waals surface area contributed by atoms with E-state index in [1.807, 2.05) is 73.8 Å². The summed E-state index contributed by atoms with van der Waals surface area (Å²) in [6.07, 6.45) is 3.76. The van der Waals surface area contributed by atoms with Crippen LogP contribution in [0.4, 0.5) is 4.39 Å². The third-order valence-corrected chi connectivity index (χ3v) is 7.04. The van der Waals surface area contributed by atoms with Gasteiger partial charge in [0.1, 0.15) is 28.2 Å². The molecule has 1 amide bonds. The molecule has 0 saturated carbocycles. The first kappa shape index (κ1) is 24.0. The van der Waals surface area contributed by atoms with Crippen LogP contribution in [0.5, 0.6) is 5.75 Å². The van der Waals surface area contributed by atoms with Gasteiger partial charge in [0.05, 0.1) is 10.6 Å². The van der Waals surface area contributed by atoms with Gasteiger partial charge in [-0.3, -0.25) is 9.69 Å². The Hall–Kier alpha value is -3.75. The van der Waals surface area contributed by atoms with Crippen molar-refractivity contribution in [3.63, 3.8) is 0 Å². The number of rotatable bonds is 7. The lowest BCUT2D eigenvalue weighted by molar-refractivity contribution is -0.121. The number of amides is 1. The molecule has 8 heteroatoms. The molecule has 0 spiro atoms. The lowest BCUT2D eigenvalue weighted by atomic mass is 10.1. The van der Waals surface area contributed by atoms with Gasteiger partial charge in [-0.2, -0.15) is 5.10 Å². The molecule has 0 unspecified atom stereocenters. The van der Waals surface area contributed by atoms with E-state index in [4.69, 9.17) is 22.1 Å². The Morgan fingerprint density at radius 2 is 1.83 bits per heavy atom. The predicted molar refractivity (Wildman–Crippen MR) is 145 cm³/mol.